The Labute approximate surface area is 133 Å². The molecular formula is C15H18ClN3OS. The predicted octanol–water partition coefficient (Wildman–Crippen LogP) is 3.03. The molecule has 0 fully saturated rings. The fourth-order valence-corrected chi connectivity index (χ4v) is 3.37. The van der Waals surface area contributed by atoms with Crippen LogP contribution in [-0.4, -0.2) is 16.5 Å². The Hall–Kier alpha value is -1.30. The van der Waals surface area contributed by atoms with E-state index in [0.717, 1.165) is 29.0 Å². The fourth-order valence-electron chi connectivity index (χ4n) is 2.04. The zero-order valence-electron chi connectivity index (χ0n) is 11.9. The van der Waals surface area contributed by atoms with Crippen LogP contribution >= 0.6 is 23.4 Å². The second-order valence-electron chi connectivity index (χ2n) is 4.65. The lowest BCUT2D eigenvalue weighted by atomic mass is 10.1. The minimum Gasteiger partial charge on any atom is -0.330 e. The summed E-state index contributed by atoms with van der Waals surface area (Å²) in [6, 6.07) is 7.25. The van der Waals surface area contributed by atoms with Gasteiger partial charge in [0.1, 0.15) is 0 Å². The molecule has 1 heterocycles. The van der Waals surface area contributed by atoms with E-state index in [-0.39, 0.29) is 5.56 Å². The Kier molecular flexibility index (Phi) is 5.85. The first kappa shape index (κ1) is 16.1. The van der Waals surface area contributed by atoms with Gasteiger partial charge in [0.25, 0.3) is 5.56 Å². The molecule has 0 spiro atoms. The van der Waals surface area contributed by atoms with E-state index in [2.05, 4.69) is 16.9 Å². The molecule has 112 valence electrons. The van der Waals surface area contributed by atoms with Gasteiger partial charge in [0.05, 0.1) is 0 Å². The van der Waals surface area contributed by atoms with Crippen molar-refractivity contribution in [3.05, 3.63) is 50.9 Å². The first-order valence-corrected chi connectivity index (χ1v) is 8.09. The van der Waals surface area contributed by atoms with Crippen LogP contribution in [0.3, 0.4) is 0 Å². The highest BCUT2D eigenvalue weighted by molar-refractivity contribution is 7.99. The summed E-state index contributed by atoms with van der Waals surface area (Å²) in [4.78, 5) is 19.9. The number of H-pyrrole nitrogens is 1. The number of rotatable bonds is 6. The van der Waals surface area contributed by atoms with E-state index in [1.807, 2.05) is 18.2 Å². The van der Waals surface area contributed by atoms with Crippen LogP contribution < -0.4 is 11.3 Å². The molecule has 0 amide bonds. The third-order valence-electron chi connectivity index (χ3n) is 2.96. The molecule has 6 heteroatoms. The van der Waals surface area contributed by atoms with Crippen molar-refractivity contribution in [2.75, 3.05) is 6.54 Å². The highest BCUT2D eigenvalue weighted by Crippen LogP contribution is 2.32. The van der Waals surface area contributed by atoms with Gasteiger partial charge in [-0.15, -0.1) is 0 Å². The lowest BCUT2D eigenvalue weighted by Gasteiger charge is -2.10. The molecule has 3 N–H and O–H groups in total. The summed E-state index contributed by atoms with van der Waals surface area (Å²) in [7, 11) is 0. The zero-order chi connectivity index (χ0) is 15.2. The number of hydrogen-bond acceptors (Lipinski definition) is 4. The standard InChI is InChI=1S/C15H18ClN3OS/c1-2-4-10-9-14(20)19-15(18-10)21-13-6-3-5-12(16)11(13)7-8-17/h3,5-6,9H,2,4,7-8,17H2,1H3,(H,18,19,20). The SMILES string of the molecule is CCCc1cc(=O)[nH]c(Sc2cccc(Cl)c2CCN)n1. The topological polar surface area (TPSA) is 71.8 Å². The molecule has 2 rings (SSSR count). The van der Waals surface area contributed by atoms with Crippen molar-refractivity contribution in [1.29, 1.82) is 0 Å². The van der Waals surface area contributed by atoms with Crippen molar-refractivity contribution in [2.24, 2.45) is 5.73 Å². The molecule has 0 radical (unpaired) electrons. The van der Waals surface area contributed by atoms with Gasteiger partial charge < -0.3 is 10.7 Å². The Morgan fingerprint density at radius 1 is 1.38 bits per heavy atom. The molecule has 0 atom stereocenters. The first-order chi connectivity index (χ1) is 10.1. The second-order valence-corrected chi connectivity index (χ2v) is 6.09. The van der Waals surface area contributed by atoms with Crippen LogP contribution in [0.15, 0.2) is 39.1 Å². The smallest absolute Gasteiger partial charge is 0.251 e. The summed E-state index contributed by atoms with van der Waals surface area (Å²) < 4.78 is 0. The van der Waals surface area contributed by atoms with Crippen molar-refractivity contribution in [3.63, 3.8) is 0 Å². The number of aromatic nitrogens is 2. The molecule has 0 aliphatic heterocycles. The van der Waals surface area contributed by atoms with Gasteiger partial charge in [-0.2, -0.15) is 0 Å². The van der Waals surface area contributed by atoms with Crippen molar-refractivity contribution in [1.82, 2.24) is 9.97 Å². The van der Waals surface area contributed by atoms with E-state index in [9.17, 15) is 4.79 Å². The van der Waals surface area contributed by atoms with Gasteiger partial charge in [-0.25, -0.2) is 4.98 Å². The molecule has 0 saturated heterocycles. The fraction of sp³-hybridized carbons (Fsp3) is 0.333. The monoisotopic (exact) mass is 323 g/mol. The van der Waals surface area contributed by atoms with E-state index in [1.54, 1.807) is 6.07 Å². The summed E-state index contributed by atoms with van der Waals surface area (Å²) in [6.07, 6.45) is 2.44. The van der Waals surface area contributed by atoms with E-state index in [1.165, 1.54) is 11.8 Å². The van der Waals surface area contributed by atoms with Gasteiger partial charge in [-0.1, -0.05) is 42.8 Å². The van der Waals surface area contributed by atoms with Crippen LogP contribution in [0.4, 0.5) is 0 Å². The van der Waals surface area contributed by atoms with Crippen LogP contribution in [0.5, 0.6) is 0 Å². The van der Waals surface area contributed by atoms with Crippen LogP contribution in [0.1, 0.15) is 24.6 Å². The maximum absolute atomic E-state index is 11.7. The van der Waals surface area contributed by atoms with Crippen molar-refractivity contribution in [3.8, 4) is 0 Å². The van der Waals surface area contributed by atoms with Crippen molar-refractivity contribution >= 4 is 23.4 Å². The zero-order valence-corrected chi connectivity index (χ0v) is 13.4. The van der Waals surface area contributed by atoms with E-state index >= 15 is 0 Å². The normalized spacial score (nSPS) is 10.8. The predicted molar refractivity (Wildman–Crippen MR) is 87.2 cm³/mol. The Balaban J connectivity index is 2.34. The maximum atomic E-state index is 11.7. The summed E-state index contributed by atoms with van der Waals surface area (Å²) >= 11 is 7.64. The van der Waals surface area contributed by atoms with Crippen LogP contribution in [0.25, 0.3) is 0 Å². The summed E-state index contributed by atoms with van der Waals surface area (Å²) in [5.74, 6) is 0. The van der Waals surface area contributed by atoms with Gasteiger partial charge >= 0.3 is 0 Å². The lowest BCUT2D eigenvalue weighted by Crippen LogP contribution is -2.10. The Morgan fingerprint density at radius 2 is 2.19 bits per heavy atom. The minimum atomic E-state index is -0.127. The molecule has 1 aromatic heterocycles. The minimum absolute atomic E-state index is 0.127. The number of nitrogens with two attached hydrogens (primary N) is 1. The number of aromatic amines is 1. The highest BCUT2D eigenvalue weighted by Gasteiger charge is 2.10. The maximum Gasteiger partial charge on any atom is 0.251 e. The van der Waals surface area contributed by atoms with E-state index in [0.29, 0.717) is 23.1 Å². The van der Waals surface area contributed by atoms with Gasteiger partial charge in [0, 0.05) is 21.7 Å². The molecule has 0 aliphatic rings. The number of halogens is 1. The van der Waals surface area contributed by atoms with Crippen molar-refractivity contribution < 1.29 is 0 Å². The number of nitrogens with one attached hydrogen (secondary N) is 1. The average molecular weight is 324 g/mol. The van der Waals surface area contributed by atoms with Crippen LogP contribution in [0.2, 0.25) is 5.02 Å². The lowest BCUT2D eigenvalue weighted by molar-refractivity contribution is 0.815. The first-order valence-electron chi connectivity index (χ1n) is 6.89. The number of nitrogens with zero attached hydrogens (tertiary/aromatic N) is 1. The number of hydrogen-bond donors (Lipinski definition) is 2. The molecule has 4 nitrogen and oxygen atoms in total. The molecule has 0 unspecified atom stereocenters. The summed E-state index contributed by atoms with van der Waals surface area (Å²) in [6.45, 7) is 2.59. The van der Waals surface area contributed by atoms with Crippen molar-refractivity contribution in [2.45, 2.75) is 36.2 Å². The number of benzene rings is 1. The molecule has 0 bridgehead atoms. The van der Waals surface area contributed by atoms with E-state index < -0.39 is 0 Å². The molecule has 21 heavy (non-hydrogen) atoms. The van der Waals surface area contributed by atoms with Gasteiger partial charge in [0.15, 0.2) is 5.16 Å². The van der Waals surface area contributed by atoms with Crippen LogP contribution in [0, 0.1) is 0 Å². The Bertz CT molecular complexity index is 672. The van der Waals surface area contributed by atoms with Crippen LogP contribution in [-0.2, 0) is 12.8 Å². The second kappa shape index (κ2) is 7.64. The van der Waals surface area contributed by atoms with Gasteiger partial charge in [-0.05, 0) is 37.1 Å². The van der Waals surface area contributed by atoms with E-state index in [4.69, 9.17) is 17.3 Å². The van der Waals surface area contributed by atoms with Gasteiger partial charge in [-0.3, -0.25) is 4.79 Å². The number of aryl methyl sites for hydroxylation is 1. The van der Waals surface area contributed by atoms with Gasteiger partial charge in [0.2, 0.25) is 0 Å². The highest BCUT2D eigenvalue weighted by atomic mass is 35.5. The molecule has 0 saturated carbocycles. The molecule has 1 aromatic carbocycles. The summed E-state index contributed by atoms with van der Waals surface area (Å²) in [5, 5.41) is 1.28. The molecule has 0 aliphatic carbocycles. The quantitative estimate of drug-likeness (QED) is 0.801. The third kappa shape index (κ3) is 4.33. The largest absolute Gasteiger partial charge is 0.330 e. The third-order valence-corrected chi connectivity index (χ3v) is 4.30. The Morgan fingerprint density at radius 3 is 2.90 bits per heavy atom. The summed E-state index contributed by atoms with van der Waals surface area (Å²) in [5.41, 5.74) is 7.32. The molecular weight excluding hydrogens is 306 g/mol. The molecule has 2 aromatic rings. The average Bonchev–Trinajstić information content (AvgIpc) is 2.42.